The summed E-state index contributed by atoms with van der Waals surface area (Å²) in [7, 11) is 0. The summed E-state index contributed by atoms with van der Waals surface area (Å²) < 4.78 is 0. The molecular formula is C20H26N2. The molecule has 2 heteroatoms. The minimum Gasteiger partial charge on any atom is -0.382 e. The molecule has 1 N–H and O–H groups in total. The van der Waals surface area contributed by atoms with Crippen LogP contribution in [0.25, 0.3) is 0 Å². The summed E-state index contributed by atoms with van der Waals surface area (Å²) in [5.74, 6) is 0. The number of anilines is 1. The average Bonchev–Trinajstić information content (AvgIpc) is 2.57. The lowest BCUT2D eigenvalue weighted by Crippen LogP contribution is -2.40. The Hall–Kier alpha value is -1.80. The third kappa shape index (κ3) is 4.35. The number of hydrogen-bond acceptors (Lipinski definition) is 2. The Morgan fingerprint density at radius 2 is 1.64 bits per heavy atom. The Kier molecular flexibility index (Phi) is 5.12. The number of likely N-dealkylation sites (tertiary alicyclic amines) is 1. The molecule has 116 valence electrons. The highest BCUT2D eigenvalue weighted by Crippen LogP contribution is 2.17. The number of nitrogens with one attached hydrogen (secondary N) is 1. The van der Waals surface area contributed by atoms with E-state index in [1.807, 2.05) is 0 Å². The van der Waals surface area contributed by atoms with E-state index in [9.17, 15) is 0 Å². The van der Waals surface area contributed by atoms with Crippen molar-refractivity contribution in [1.82, 2.24) is 4.90 Å². The highest BCUT2D eigenvalue weighted by Gasteiger charge is 2.18. The van der Waals surface area contributed by atoms with Gasteiger partial charge in [-0.15, -0.1) is 0 Å². The minimum atomic E-state index is 0.621. The van der Waals surface area contributed by atoms with Gasteiger partial charge in [0.05, 0.1) is 0 Å². The van der Waals surface area contributed by atoms with Gasteiger partial charge in [0, 0.05) is 31.4 Å². The first kappa shape index (κ1) is 15.1. The van der Waals surface area contributed by atoms with Crippen LogP contribution in [0, 0.1) is 6.92 Å². The fourth-order valence-corrected chi connectivity index (χ4v) is 3.12. The van der Waals surface area contributed by atoms with E-state index in [0.29, 0.717) is 6.04 Å². The fourth-order valence-electron chi connectivity index (χ4n) is 3.12. The van der Waals surface area contributed by atoms with Gasteiger partial charge < -0.3 is 10.2 Å². The normalized spacial score (nSPS) is 16.6. The monoisotopic (exact) mass is 294 g/mol. The first-order valence-corrected chi connectivity index (χ1v) is 8.39. The van der Waals surface area contributed by atoms with Gasteiger partial charge in [0.1, 0.15) is 0 Å². The maximum absolute atomic E-state index is 3.68. The number of piperidine rings is 1. The van der Waals surface area contributed by atoms with Crippen LogP contribution < -0.4 is 5.32 Å². The zero-order valence-corrected chi connectivity index (χ0v) is 13.5. The van der Waals surface area contributed by atoms with Crippen molar-refractivity contribution in [3.05, 3.63) is 65.7 Å². The largest absolute Gasteiger partial charge is 0.382 e. The van der Waals surface area contributed by atoms with Gasteiger partial charge in [-0.1, -0.05) is 48.0 Å². The molecule has 3 rings (SSSR count). The van der Waals surface area contributed by atoms with Crippen molar-refractivity contribution in [2.75, 3.05) is 25.0 Å². The fraction of sp³-hybridized carbons (Fsp3) is 0.400. The van der Waals surface area contributed by atoms with Gasteiger partial charge >= 0.3 is 0 Å². The van der Waals surface area contributed by atoms with Crippen molar-refractivity contribution in [3.63, 3.8) is 0 Å². The summed E-state index contributed by atoms with van der Waals surface area (Å²) >= 11 is 0. The van der Waals surface area contributed by atoms with Gasteiger partial charge in [-0.05, 0) is 43.9 Å². The van der Waals surface area contributed by atoms with Crippen molar-refractivity contribution in [2.45, 2.75) is 32.2 Å². The van der Waals surface area contributed by atoms with Crippen LogP contribution in [-0.4, -0.2) is 30.6 Å². The molecule has 1 fully saturated rings. The smallest absolute Gasteiger partial charge is 0.0342 e. The summed E-state index contributed by atoms with van der Waals surface area (Å²) in [5.41, 5.74) is 4.03. The number of hydrogen-bond donors (Lipinski definition) is 1. The average molecular weight is 294 g/mol. The lowest BCUT2D eigenvalue weighted by atomic mass is 10.0. The molecule has 0 amide bonds. The van der Waals surface area contributed by atoms with Crippen LogP contribution >= 0.6 is 0 Å². The SMILES string of the molecule is Cc1ccc(NC2CCN(CCc3ccccc3)CC2)cc1. The Balaban J connectivity index is 1.41. The van der Waals surface area contributed by atoms with Crippen molar-refractivity contribution < 1.29 is 0 Å². The van der Waals surface area contributed by atoms with E-state index in [4.69, 9.17) is 0 Å². The first-order valence-electron chi connectivity index (χ1n) is 8.39. The van der Waals surface area contributed by atoms with Crippen LogP contribution in [0.5, 0.6) is 0 Å². The second kappa shape index (κ2) is 7.46. The highest BCUT2D eigenvalue weighted by molar-refractivity contribution is 5.45. The Labute approximate surface area is 134 Å². The molecule has 1 saturated heterocycles. The van der Waals surface area contributed by atoms with Crippen molar-refractivity contribution >= 4 is 5.69 Å². The van der Waals surface area contributed by atoms with Crippen LogP contribution in [0.1, 0.15) is 24.0 Å². The van der Waals surface area contributed by atoms with Gasteiger partial charge in [0.25, 0.3) is 0 Å². The molecule has 0 unspecified atom stereocenters. The zero-order valence-electron chi connectivity index (χ0n) is 13.5. The summed E-state index contributed by atoms with van der Waals surface area (Å²) in [6, 6.07) is 20.2. The maximum Gasteiger partial charge on any atom is 0.0342 e. The molecule has 1 aliphatic heterocycles. The van der Waals surface area contributed by atoms with Crippen LogP contribution in [0.15, 0.2) is 54.6 Å². The lowest BCUT2D eigenvalue weighted by molar-refractivity contribution is 0.221. The van der Waals surface area contributed by atoms with Gasteiger partial charge in [-0.25, -0.2) is 0 Å². The number of nitrogens with zero attached hydrogens (tertiary/aromatic N) is 1. The van der Waals surface area contributed by atoms with Gasteiger partial charge in [-0.3, -0.25) is 0 Å². The first-order chi connectivity index (χ1) is 10.8. The van der Waals surface area contributed by atoms with Crippen molar-refractivity contribution in [2.24, 2.45) is 0 Å². The topological polar surface area (TPSA) is 15.3 Å². The zero-order chi connectivity index (χ0) is 15.2. The van der Waals surface area contributed by atoms with E-state index in [1.165, 1.54) is 49.3 Å². The van der Waals surface area contributed by atoms with E-state index in [2.05, 4.69) is 71.7 Å². The second-order valence-electron chi connectivity index (χ2n) is 6.36. The summed E-state index contributed by atoms with van der Waals surface area (Å²) in [4.78, 5) is 2.60. The van der Waals surface area contributed by atoms with Gasteiger partial charge in [-0.2, -0.15) is 0 Å². The summed E-state index contributed by atoms with van der Waals surface area (Å²) in [6.45, 7) is 5.73. The predicted molar refractivity (Wildman–Crippen MR) is 94.4 cm³/mol. The molecule has 0 saturated carbocycles. The molecule has 0 radical (unpaired) electrons. The third-order valence-electron chi connectivity index (χ3n) is 4.57. The molecule has 0 bridgehead atoms. The molecule has 0 aliphatic carbocycles. The standard InChI is InChI=1S/C20H26N2/c1-17-7-9-19(10-8-17)21-20-12-15-22(16-13-20)14-11-18-5-3-2-4-6-18/h2-10,20-21H,11-16H2,1H3. The number of aryl methyl sites for hydroxylation is 1. The van der Waals surface area contributed by atoms with E-state index in [0.717, 1.165) is 6.42 Å². The van der Waals surface area contributed by atoms with Crippen LogP contribution in [-0.2, 0) is 6.42 Å². The Morgan fingerprint density at radius 1 is 0.955 bits per heavy atom. The quantitative estimate of drug-likeness (QED) is 0.892. The molecule has 0 atom stereocenters. The molecule has 2 aromatic carbocycles. The molecular weight excluding hydrogens is 268 g/mol. The van der Waals surface area contributed by atoms with E-state index in [-0.39, 0.29) is 0 Å². The van der Waals surface area contributed by atoms with E-state index >= 15 is 0 Å². The molecule has 2 nitrogen and oxygen atoms in total. The van der Waals surface area contributed by atoms with E-state index < -0.39 is 0 Å². The number of rotatable bonds is 5. The molecule has 1 aliphatic rings. The third-order valence-corrected chi connectivity index (χ3v) is 4.57. The second-order valence-corrected chi connectivity index (χ2v) is 6.36. The van der Waals surface area contributed by atoms with Gasteiger partial charge in [0.15, 0.2) is 0 Å². The predicted octanol–water partition coefficient (Wildman–Crippen LogP) is 4.11. The molecule has 22 heavy (non-hydrogen) atoms. The highest BCUT2D eigenvalue weighted by atomic mass is 15.1. The van der Waals surface area contributed by atoms with Crippen molar-refractivity contribution in [3.8, 4) is 0 Å². The van der Waals surface area contributed by atoms with Crippen molar-refractivity contribution in [1.29, 1.82) is 0 Å². The Morgan fingerprint density at radius 3 is 2.32 bits per heavy atom. The van der Waals surface area contributed by atoms with E-state index in [1.54, 1.807) is 0 Å². The Bertz CT molecular complexity index is 554. The molecule has 0 aromatic heterocycles. The minimum absolute atomic E-state index is 0.621. The molecule has 1 heterocycles. The summed E-state index contributed by atoms with van der Waals surface area (Å²) in [5, 5.41) is 3.68. The van der Waals surface area contributed by atoms with Crippen LogP contribution in [0.4, 0.5) is 5.69 Å². The maximum atomic E-state index is 3.68. The molecule has 0 spiro atoms. The summed E-state index contributed by atoms with van der Waals surface area (Å²) in [6.07, 6.45) is 3.64. The van der Waals surface area contributed by atoms with Crippen LogP contribution in [0.2, 0.25) is 0 Å². The van der Waals surface area contributed by atoms with Crippen LogP contribution in [0.3, 0.4) is 0 Å². The number of benzene rings is 2. The van der Waals surface area contributed by atoms with Gasteiger partial charge in [0.2, 0.25) is 0 Å². The molecule has 2 aromatic rings. The lowest BCUT2D eigenvalue weighted by Gasteiger charge is -2.32.